The van der Waals surface area contributed by atoms with Gasteiger partial charge < -0.3 is 15.1 Å². The fraction of sp³-hybridized carbons (Fsp3) is 0.250. The zero-order chi connectivity index (χ0) is 19.5. The zero-order valence-electron chi connectivity index (χ0n) is 16.4. The molecule has 1 aromatic carbocycles. The minimum Gasteiger partial charge on any atom is -0.457 e. The molecule has 9 heteroatoms. The highest BCUT2D eigenvalue weighted by molar-refractivity contribution is 14.0. The largest absolute Gasteiger partial charge is 0.457 e. The van der Waals surface area contributed by atoms with E-state index >= 15 is 0 Å². The first-order valence-electron chi connectivity index (χ1n) is 8.94. The fourth-order valence-electron chi connectivity index (χ4n) is 2.73. The zero-order valence-corrected chi connectivity index (χ0v) is 20.3. The van der Waals surface area contributed by atoms with Crippen molar-refractivity contribution in [2.24, 2.45) is 4.99 Å². The van der Waals surface area contributed by atoms with Crippen LogP contribution in [0.5, 0.6) is 0 Å². The Hall–Kier alpha value is -1.98. The Morgan fingerprint density at radius 2 is 1.83 bits per heavy atom. The lowest BCUT2D eigenvalue weighted by molar-refractivity contribution is 0.513. The number of thiazole rings is 2. The summed E-state index contributed by atoms with van der Waals surface area (Å²) in [5.41, 5.74) is 2.08. The number of aryl methyl sites for hydroxylation is 2. The molecule has 0 aliphatic rings. The van der Waals surface area contributed by atoms with Gasteiger partial charge in [0.25, 0.3) is 0 Å². The SMILES string of the molecule is CN=C(NCc1ccc(-c2nc3ccccc3s2)o1)NCc1nc(C)c(C)s1.I. The van der Waals surface area contributed by atoms with Gasteiger partial charge in [-0.1, -0.05) is 12.1 Å². The molecule has 0 aliphatic carbocycles. The number of benzene rings is 1. The number of rotatable bonds is 5. The lowest BCUT2D eigenvalue weighted by Crippen LogP contribution is -2.36. The number of halogens is 1. The third-order valence-electron chi connectivity index (χ3n) is 4.30. The number of para-hydroxylation sites is 1. The second kappa shape index (κ2) is 9.68. The topological polar surface area (TPSA) is 75.3 Å². The molecule has 0 saturated carbocycles. The minimum atomic E-state index is 0. The van der Waals surface area contributed by atoms with E-state index < -0.39 is 0 Å². The molecule has 0 unspecified atom stereocenters. The average Bonchev–Trinajstić information content (AvgIpc) is 3.40. The normalized spacial score (nSPS) is 11.5. The van der Waals surface area contributed by atoms with Crippen LogP contribution >= 0.6 is 46.7 Å². The van der Waals surface area contributed by atoms with E-state index in [1.807, 2.05) is 37.3 Å². The molecule has 4 rings (SSSR count). The molecular formula is C20H22IN5OS2. The second-order valence-corrected chi connectivity index (χ2v) is 8.60. The molecule has 6 nitrogen and oxygen atoms in total. The highest BCUT2D eigenvalue weighted by atomic mass is 127. The van der Waals surface area contributed by atoms with Crippen molar-refractivity contribution < 1.29 is 4.42 Å². The minimum absolute atomic E-state index is 0. The van der Waals surface area contributed by atoms with Crippen LogP contribution in [0.25, 0.3) is 21.0 Å². The first-order valence-corrected chi connectivity index (χ1v) is 10.6. The van der Waals surface area contributed by atoms with Crippen LogP contribution in [0.1, 0.15) is 21.3 Å². The molecule has 3 heterocycles. The molecule has 0 amide bonds. The molecule has 0 fully saturated rings. The predicted octanol–water partition coefficient (Wildman–Crippen LogP) is 5.11. The van der Waals surface area contributed by atoms with Crippen LogP contribution in [0.2, 0.25) is 0 Å². The van der Waals surface area contributed by atoms with Gasteiger partial charge in [0, 0.05) is 11.9 Å². The summed E-state index contributed by atoms with van der Waals surface area (Å²) in [5.74, 6) is 2.33. The molecule has 3 aromatic heterocycles. The van der Waals surface area contributed by atoms with Gasteiger partial charge in [0.1, 0.15) is 10.8 Å². The quantitative estimate of drug-likeness (QED) is 0.210. The third kappa shape index (κ3) is 5.14. The van der Waals surface area contributed by atoms with Crippen LogP contribution in [0.3, 0.4) is 0 Å². The molecule has 29 heavy (non-hydrogen) atoms. The smallest absolute Gasteiger partial charge is 0.191 e. The van der Waals surface area contributed by atoms with Gasteiger partial charge in [-0.15, -0.1) is 46.7 Å². The van der Waals surface area contributed by atoms with Gasteiger partial charge in [-0.25, -0.2) is 9.97 Å². The van der Waals surface area contributed by atoms with Gasteiger partial charge in [0.2, 0.25) is 0 Å². The predicted molar refractivity (Wildman–Crippen MR) is 131 cm³/mol. The fourth-order valence-corrected chi connectivity index (χ4v) is 4.53. The Labute approximate surface area is 194 Å². The van der Waals surface area contributed by atoms with Crippen molar-refractivity contribution >= 4 is 62.8 Å². The van der Waals surface area contributed by atoms with Crippen LogP contribution in [0, 0.1) is 13.8 Å². The van der Waals surface area contributed by atoms with Gasteiger partial charge >= 0.3 is 0 Å². The van der Waals surface area contributed by atoms with Crippen LogP contribution in [-0.2, 0) is 13.1 Å². The number of furan rings is 1. The van der Waals surface area contributed by atoms with Crippen molar-refractivity contribution in [3.63, 3.8) is 0 Å². The van der Waals surface area contributed by atoms with Gasteiger partial charge in [-0.05, 0) is 38.1 Å². The molecule has 0 saturated heterocycles. The Kier molecular flexibility index (Phi) is 7.25. The van der Waals surface area contributed by atoms with Crippen LogP contribution in [0.15, 0.2) is 45.8 Å². The Morgan fingerprint density at radius 3 is 2.55 bits per heavy atom. The standard InChI is InChI=1S/C20H21N5OS2.HI/c1-12-13(2)27-18(24-12)11-23-20(21-3)22-10-14-8-9-16(26-14)19-25-15-6-4-5-7-17(15)28-19;/h4-9H,10-11H2,1-3H3,(H2,21,22,23);1H. The highest BCUT2D eigenvalue weighted by Gasteiger charge is 2.11. The van der Waals surface area contributed by atoms with Crippen LogP contribution < -0.4 is 10.6 Å². The molecule has 4 aromatic rings. The number of hydrogen-bond acceptors (Lipinski definition) is 6. The van der Waals surface area contributed by atoms with E-state index in [-0.39, 0.29) is 24.0 Å². The van der Waals surface area contributed by atoms with Gasteiger partial charge in [0.15, 0.2) is 16.7 Å². The molecule has 0 atom stereocenters. The summed E-state index contributed by atoms with van der Waals surface area (Å²) in [5, 5.41) is 8.50. The number of hydrogen-bond donors (Lipinski definition) is 2. The summed E-state index contributed by atoms with van der Waals surface area (Å²) in [6, 6.07) is 12.0. The van der Waals surface area contributed by atoms with Crippen molar-refractivity contribution in [3.8, 4) is 10.8 Å². The number of nitrogens with one attached hydrogen (secondary N) is 2. The van der Waals surface area contributed by atoms with E-state index in [4.69, 9.17) is 4.42 Å². The van der Waals surface area contributed by atoms with E-state index in [2.05, 4.69) is 38.6 Å². The third-order valence-corrected chi connectivity index (χ3v) is 6.42. The molecule has 152 valence electrons. The van der Waals surface area contributed by atoms with Crippen molar-refractivity contribution in [2.45, 2.75) is 26.9 Å². The van der Waals surface area contributed by atoms with Crippen molar-refractivity contribution in [1.29, 1.82) is 0 Å². The van der Waals surface area contributed by atoms with Crippen molar-refractivity contribution in [3.05, 3.63) is 57.7 Å². The number of guanidine groups is 1. The van der Waals surface area contributed by atoms with E-state index in [1.165, 1.54) is 4.88 Å². The Morgan fingerprint density at radius 1 is 1.03 bits per heavy atom. The highest BCUT2D eigenvalue weighted by Crippen LogP contribution is 2.31. The van der Waals surface area contributed by atoms with E-state index in [0.29, 0.717) is 19.0 Å². The van der Waals surface area contributed by atoms with E-state index in [1.54, 1.807) is 29.7 Å². The van der Waals surface area contributed by atoms with Crippen molar-refractivity contribution in [2.75, 3.05) is 7.05 Å². The first-order chi connectivity index (χ1) is 13.6. The van der Waals surface area contributed by atoms with Gasteiger partial charge in [-0.3, -0.25) is 4.99 Å². The molecule has 0 bridgehead atoms. The van der Waals surface area contributed by atoms with Gasteiger partial charge in [0.05, 0.1) is 29.0 Å². The van der Waals surface area contributed by atoms with Crippen LogP contribution in [0.4, 0.5) is 0 Å². The summed E-state index contributed by atoms with van der Waals surface area (Å²) in [6.07, 6.45) is 0. The summed E-state index contributed by atoms with van der Waals surface area (Å²) in [7, 11) is 1.75. The molecule has 2 N–H and O–H groups in total. The maximum Gasteiger partial charge on any atom is 0.191 e. The number of aromatic nitrogens is 2. The summed E-state index contributed by atoms with van der Waals surface area (Å²) >= 11 is 3.34. The Balaban J connectivity index is 0.00000240. The Bertz CT molecular complexity index is 1080. The van der Waals surface area contributed by atoms with Crippen LogP contribution in [-0.4, -0.2) is 23.0 Å². The molecule has 0 spiro atoms. The molecule has 0 radical (unpaired) electrons. The maximum atomic E-state index is 5.97. The number of nitrogens with zero attached hydrogens (tertiary/aromatic N) is 3. The summed E-state index contributed by atoms with van der Waals surface area (Å²) in [6.45, 7) is 5.31. The summed E-state index contributed by atoms with van der Waals surface area (Å²) in [4.78, 5) is 14.7. The lowest BCUT2D eigenvalue weighted by atomic mass is 10.3. The van der Waals surface area contributed by atoms with Crippen molar-refractivity contribution in [1.82, 2.24) is 20.6 Å². The summed E-state index contributed by atoms with van der Waals surface area (Å²) < 4.78 is 7.13. The first kappa shape index (κ1) is 21.7. The maximum absolute atomic E-state index is 5.97. The van der Waals surface area contributed by atoms with E-state index in [0.717, 1.165) is 37.4 Å². The van der Waals surface area contributed by atoms with E-state index in [9.17, 15) is 0 Å². The number of fused-ring (bicyclic) bond motifs is 1. The lowest BCUT2D eigenvalue weighted by Gasteiger charge is -2.09. The monoisotopic (exact) mass is 539 g/mol. The molecule has 0 aliphatic heterocycles. The van der Waals surface area contributed by atoms with Gasteiger partial charge in [-0.2, -0.15) is 0 Å². The molecular weight excluding hydrogens is 517 g/mol. The number of aliphatic imine (C=N–C) groups is 1. The second-order valence-electron chi connectivity index (χ2n) is 6.28. The average molecular weight is 539 g/mol.